The van der Waals surface area contributed by atoms with Gasteiger partial charge in [0.15, 0.2) is 0 Å². The van der Waals surface area contributed by atoms with Crippen LogP contribution in [0.3, 0.4) is 0 Å². The molecule has 0 aliphatic carbocycles. The summed E-state index contributed by atoms with van der Waals surface area (Å²) in [7, 11) is 0. The Balaban J connectivity index is 1.60. The fraction of sp³-hybridized carbons (Fsp3) is 0.0435. The molecule has 0 atom stereocenters. The van der Waals surface area contributed by atoms with E-state index in [4.69, 9.17) is 39.3 Å². The first-order valence-electron chi connectivity index (χ1n) is 9.52. The van der Waals surface area contributed by atoms with Crippen molar-refractivity contribution < 1.29 is 9.32 Å². The Kier molecular flexibility index (Phi) is 5.43. The highest BCUT2D eigenvalue weighted by Gasteiger charge is 2.27. The number of halogens is 3. The molecule has 5 rings (SSSR count). The Bertz CT molecular complexity index is 1440. The standard InChI is InChI=1S/C23H13Cl3N4O2/c24-15-3-1-13(2-4-15)12-30-18-6-5-16(25)11-17(18)19(21(30)26)20(31)23-28-22(29-32-23)14-7-9-27-10-8-14/h1-11H,12H2. The van der Waals surface area contributed by atoms with Crippen molar-refractivity contribution in [2.45, 2.75) is 6.54 Å². The molecule has 3 heterocycles. The van der Waals surface area contributed by atoms with Crippen LogP contribution >= 0.6 is 34.8 Å². The van der Waals surface area contributed by atoms with E-state index >= 15 is 0 Å². The lowest BCUT2D eigenvalue weighted by atomic mass is 10.1. The summed E-state index contributed by atoms with van der Waals surface area (Å²) in [4.78, 5) is 21.6. The third-order valence-corrected chi connectivity index (χ3v) is 5.88. The minimum absolute atomic E-state index is 0.163. The summed E-state index contributed by atoms with van der Waals surface area (Å²) in [5.74, 6) is -0.357. The fourth-order valence-electron chi connectivity index (χ4n) is 3.48. The number of carbonyl (C=O) groups is 1. The molecule has 0 aliphatic heterocycles. The number of hydrogen-bond acceptors (Lipinski definition) is 5. The maximum Gasteiger partial charge on any atom is 0.299 e. The van der Waals surface area contributed by atoms with Crippen molar-refractivity contribution in [1.82, 2.24) is 19.7 Å². The Morgan fingerprint density at radius 2 is 1.66 bits per heavy atom. The van der Waals surface area contributed by atoms with E-state index in [1.165, 1.54) is 0 Å². The molecule has 158 valence electrons. The number of pyridine rings is 1. The highest BCUT2D eigenvalue weighted by molar-refractivity contribution is 6.37. The Labute approximate surface area is 197 Å². The van der Waals surface area contributed by atoms with E-state index in [0.717, 1.165) is 11.1 Å². The zero-order chi connectivity index (χ0) is 22.2. The first kappa shape index (κ1) is 20.7. The molecule has 0 radical (unpaired) electrons. The van der Waals surface area contributed by atoms with Gasteiger partial charge in [-0.1, -0.05) is 52.1 Å². The van der Waals surface area contributed by atoms with Gasteiger partial charge in [0.25, 0.3) is 11.7 Å². The summed E-state index contributed by atoms with van der Waals surface area (Å²) in [5.41, 5.74) is 2.66. The molecular weight excluding hydrogens is 471 g/mol. The fourth-order valence-corrected chi connectivity index (χ4v) is 4.12. The number of hydrogen-bond donors (Lipinski definition) is 0. The summed E-state index contributed by atoms with van der Waals surface area (Å²) >= 11 is 19.0. The SMILES string of the molecule is O=C(c1nc(-c2ccncc2)no1)c1c(Cl)n(Cc2ccc(Cl)cc2)c2ccc(Cl)cc12. The Hall–Kier alpha value is -3.19. The average molecular weight is 484 g/mol. The molecule has 0 amide bonds. The third-order valence-electron chi connectivity index (χ3n) is 5.00. The molecule has 5 aromatic rings. The van der Waals surface area contributed by atoms with Crippen LogP contribution in [0.5, 0.6) is 0 Å². The topological polar surface area (TPSA) is 73.8 Å². The molecule has 0 spiro atoms. The molecule has 0 N–H and O–H groups in total. The van der Waals surface area contributed by atoms with Crippen LogP contribution in [0.25, 0.3) is 22.3 Å². The van der Waals surface area contributed by atoms with Crippen LogP contribution in [0.2, 0.25) is 15.2 Å². The minimum atomic E-state index is -0.482. The zero-order valence-corrected chi connectivity index (χ0v) is 18.6. The number of ketones is 1. The normalized spacial score (nSPS) is 11.2. The van der Waals surface area contributed by atoms with Crippen molar-refractivity contribution in [3.63, 3.8) is 0 Å². The number of carbonyl (C=O) groups excluding carboxylic acids is 1. The lowest BCUT2D eigenvalue weighted by Gasteiger charge is -2.08. The molecule has 0 saturated heterocycles. The van der Waals surface area contributed by atoms with E-state index in [0.29, 0.717) is 27.5 Å². The number of fused-ring (bicyclic) bond motifs is 1. The Morgan fingerprint density at radius 3 is 2.41 bits per heavy atom. The number of rotatable bonds is 5. The van der Waals surface area contributed by atoms with Crippen molar-refractivity contribution in [3.05, 3.63) is 99.2 Å². The van der Waals surface area contributed by atoms with Gasteiger partial charge in [-0.05, 0) is 48.0 Å². The molecule has 32 heavy (non-hydrogen) atoms. The van der Waals surface area contributed by atoms with Gasteiger partial charge in [-0.15, -0.1) is 0 Å². The zero-order valence-electron chi connectivity index (χ0n) is 16.3. The molecule has 0 aliphatic rings. The summed E-state index contributed by atoms with van der Waals surface area (Å²) in [6.45, 7) is 0.438. The second-order valence-electron chi connectivity index (χ2n) is 7.03. The van der Waals surface area contributed by atoms with Gasteiger partial charge >= 0.3 is 0 Å². The number of nitrogens with zero attached hydrogens (tertiary/aromatic N) is 4. The van der Waals surface area contributed by atoms with Crippen LogP contribution in [0.4, 0.5) is 0 Å². The molecular formula is C23H13Cl3N4O2. The quantitative estimate of drug-likeness (QED) is 0.273. The third kappa shape index (κ3) is 3.77. The number of aromatic nitrogens is 4. The van der Waals surface area contributed by atoms with E-state index in [-0.39, 0.29) is 22.4 Å². The average Bonchev–Trinajstić information content (AvgIpc) is 3.39. The highest BCUT2D eigenvalue weighted by atomic mass is 35.5. The van der Waals surface area contributed by atoms with Gasteiger partial charge in [0.1, 0.15) is 5.15 Å². The smallest absolute Gasteiger partial charge is 0.299 e. The maximum atomic E-state index is 13.4. The second kappa shape index (κ2) is 8.39. The molecule has 0 saturated carbocycles. The van der Waals surface area contributed by atoms with Crippen LogP contribution in [0.15, 0.2) is 71.5 Å². The van der Waals surface area contributed by atoms with Gasteiger partial charge in [-0.3, -0.25) is 9.78 Å². The number of benzene rings is 2. The lowest BCUT2D eigenvalue weighted by molar-refractivity contribution is 0.0995. The largest absolute Gasteiger partial charge is 0.330 e. The van der Waals surface area contributed by atoms with Crippen LogP contribution < -0.4 is 0 Å². The molecule has 0 unspecified atom stereocenters. The summed E-state index contributed by atoms with van der Waals surface area (Å²) in [6, 6.07) is 16.1. The van der Waals surface area contributed by atoms with Crippen molar-refractivity contribution in [2.24, 2.45) is 0 Å². The van der Waals surface area contributed by atoms with E-state index in [2.05, 4.69) is 15.1 Å². The van der Waals surface area contributed by atoms with Gasteiger partial charge in [0.05, 0.1) is 11.1 Å². The lowest BCUT2D eigenvalue weighted by Crippen LogP contribution is -2.04. The summed E-state index contributed by atoms with van der Waals surface area (Å²) in [5, 5.41) is 5.90. The van der Waals surface area contributed by atoms with Crippen LogP contribution in [0, 0.1) is 0 Å². The van der Waals surface area contributed by atoms with Gasteiger partial charge in [0, 0.05) is 39.9 Å². The first-order chi connectivity index (χ1) is 15.5. The van der Waals surface area contributed by atoms with Gasteiger partial charge in [-0.25, -0.2) is 0 Å². The molecule has 9 heteroatoms. The monoisotopic (exact) mass is 482 g/mol. The van der Waals surface area contributed by atoms with E-state index < -0.39 is 5.78 Å². The Morgan fingerprint density at radius 1 is 0.938 bits per heavy atom. The molecule has 6 nitrogen and oxygen atoms in total. The van der Waals surface area contributed by atoms with Crippen molar-refractivity contribution in [2.75, 3.05) is 0 Å². The van der Waals surface area contributed by atoms with E-state index in [9.17, 15) is 4.79 Å². The highest BCUT2D eigenvalue weighted by Crippen LogP contribution is 2.34. The molecule has 2 aromatic carbocycles. The minimum Gasteiger partial charge on any atom is -0.330 e. The van der Waals surface area contributed by atoms with Crippen molar-refractivity contribution in [1.29, 1.82) is 0 Å². The van der Waals surface area contributed by atoms with Crippen LogP contribution in [-0.2, 0) is 6.54 Å². The first-order valence-corrected chi connectivity index (χ1v) is 10.6. The van der Waals surface area contributed by atoms with Gasteiger partial charge < -0.3 is 9.09 Å². The summed E-state index contributed by atoms with van der Waals surface area (Å²) < 4.78 is 7.10. The van der Waals surface area contributed by atoms with Gasteiger partial charge in [0.2, 0.25) is 5.82 Å². The van der Waals surface area contributed by atoms with Crippen molar-refractivity contribution in [3.8, 4) is 11.4 Å². The second-order valence-corrected chi connectivity index (χ2v) is 8.26. The van der Waals surface area contributed by atoms with Crippen LogP contribution in [-0.4, -0.2) is 25.5 Å². The maximum absolute atomic E-state index is 13.4. The molecule has 0 bridgehead atoms. The van der Waals surface area contributed by atoms with Crippen molar-refractivity contribution >= 4 is 51.5 Å². The summed E-state index contributed by atoms with van der Waals surface area (Å²) in [6.07, 6.45) is 3.22. The molecule has 3 aromatic heterocycles. The predicted octanol–water partition coefficient (Wildman–Crippen LogP) is 6.33. The van der Waals surface area contributed by atoms with Crippen LogP contribution in [0.1, 0.15) is 21.8 Å². The van der Waals surface area contributed by atoms with Gasteiger partial charge in [-0.2, -0.15) is 4.98 Å². The molecule has 0 fully saturated rings. The van der Waals surface area contributed by atoms with E-state index in [1.807, 2.05) is 22.8 Å². The predicted molar refractivity (Wildman–Crippen MR) is 123 cm³/mol. The van der Waals surface area contributed by atoms with E-state index in [1.54, 1.807) is 48.8 Å².